The first-order chi connectivity index (χ1) is 7.70. The Bertz CT molecular complexity index is 368. The third-order valence-electron chi connectivity index (χ3n) is 3.30. The SMILES string of the molecule is Cl.N[C@@H](c1cccc(O)c1O)C1CCNCC1. The first-order valence-electron chi connectivity index (χ1n) is 5.67. The molecule has 0 amide bonds. The van der Waals surface area contributed by atoms with Gasteiger partial charge < -0.3 is 21.3 Å². The van der Waals surface area contributed by atoms with Crippen LogP contribution in [0.15, 0.2) is 18.2 Å². The van der Waals surface area contributed by atoms with E-state index in [1.165, 1.54) is 6.07 Å². The van der Waals surface area contributed by atoms with Gasteiger partial charge in [0, 0.05) is 11.6 Å². The number of para-hydroxylation sites is 1. The zero-order valence-electron chi connectivity index (χ0n) is 9.60. The molecular weight excluding hydrogens is 240 g/mol. The number of aromatic hydroxyl groups is 2. The highest BCUT2D eigenvalue weighted by atomic mass is 35.5. The summed E-state index contributed by atoms with van der Waals surface area (Å²) in [4.78, 5) is 0. The fourth-order valence-electron chi connectivity index (χ4n) is 2.27. The molecule has 1 aromatic rings. The van der Waals surface area contributed by atoms with Crippen molar-refractivity contribution < 1.29 is 10.2 Å². The second-order valence-corrected chi connectivity index (χ2v) is 4.33. The monoisotopic (exact) mass is 258 g/mol. The molecule has 0 saturated carbocycles. The van der Waals surface area contributed by atoms with Crippen molar-refractivity contribution in [3.8, 4) is 11.5 Å². The second kappa shape index (κ2) is 6.10. The molecule has 1 aliphatic heterocycles. The zero-order chi connectivity index (χ0) is 11.5. The van der Waals surface area contributed by atoms with E-state index in [0.717, 1.165) is 25.9 Å². The van der Waals surface area contributed by atoms with Crippen molar-refractivity contribution in [1.29, 1.82) is 0 Å². The van der Waals surface area contributed by atoms with E-state index in [4.69, 9.17) is 5.73 Å². The number of hydrogen-bond acceptors (Lipinski definition) is 4. The second-order valence-electron chi connectivity index (χ2n) is 4.33. The van der Waals surface area contributed by atoms with Crippen molar-refractivity contribution in [2.75, 3.05) is 13.1 Å². The van der Waals surface area contributed by atoms with Crippen LogP contribution < -0.4 is 11.1 Å². The van der Waals surface area contributed by atoms with Crippen LogP contribution in [-0.4, -0.2) is 23.3 Å². The fourth-order valence-corrected chi connectivity index (χ4v) is 2.27. The number of nitrogens with two attached hydrogens (primary N) is 1. The number of hydrogen-bond donors (Lipinski definition) is 4. The Labute approximate surface area is 107 Å². The summed E-state index contributed by atoms with van der Waals surface area (Å²) < 4.78 is 0. The Hall–Kier alpha value is -0.970. The molecule has 5 heteroatoms. The molecule has 0 aliphatic carbocycles. The van der Waals surface area contributed by atoms with Crippen molar-refractivity contribution in [2.24, 2.45) is 11.7 Å². The highest BCUT2D eigenvalue weighted by Gasteiger charge is 2.24. The van der Waals surface area contributed by atoms with E-state index in [2.05, 4.69) is 5.32 Å². The Kier molecular flexibility index (Phi) is 5.05. The summed E-state index contributed by atoms with van der Waals surface area (Å²) >= 11 is 0. The van der Waals surface area contributed by atoms with Crippen molar-refractivity contribution in [3.05, 3.63) is 23.8 Å². The predicted molar refractivity (Wildman–Crippen MR) is 69.5 cm³/mol. The van der Waals surface area contributed by atoms with Gasteiger partial charge in [0.2, 0.25) is 0 Å². The van der Waals surface area contributed by atoms with Gasteiger partial charge in [-0.25, -0.2) is 0 Å². The molecule has 0 unspecified atom stereocenters. The van der Waals surface area contributed by atoms with Crippen molar-refractivity contribution in [2.45, 2.75) is 18.9 Å². The van der Waals surface area contributed by atoms with Crippen LogP contribution in [0, 0.1) is 5.92 Å². The molecule has 0 radical (unpaired) electrons. The summed E-state index contributed by atoms with van der Waals surface area (Å²) in [6, 6.07) is 4.76. The average molecular weight is 259 g/mol. The van der Waals surface area contributed by atoms with E-state index in [-0.39, 0.29) is 29.9 Å². The molecule has 96 valence electrons. The van der Waals surface area contributed by atoms with Crippen LogP contribution in [0.5, 0.6) is 11.5 Å². The lowest BCUT2D eigenvalue weighted by Gasteiger charge is -2.28. The minimum atomic E-state index is -0.200. The Balaban J connectivity index is 0.00000144. The van der Waals surface area contributed by atoms with E-state index in [9.17, 15) is 10.2 Å². The molecule has 17 heavy (non-hydrogen) atoms. The normalized spacial score (nSPS) is 18.4. The standard InChI is InChI=1S/C12H18N2O2.ClH/c13-11(8-4-6-14-7-5-8)9-2-1-3-10(15)12(9)16;/h1-3,8,11,14-16H,4-7,13H2;1H/t11-;/m1./s1. The molecule has 4 nitrogen and oxygen atoms in total. The summed E-state index contributed by atoms with van der Waals surface area (Å²) in [6.07, 6.45) is 2.02. The molecule has 2 rings (SSSR count). The van der Waals surface area contributed by atoms with Crippen LogP contribution in [0.1, 0.15) is 24.4 Å². The van der Waals surface area contributed by atoms with Gasteiger partial charge in [0.1, 0.15) is 0 Å². The van der Waals surface area contributed by atoms with Gasteiger partial charge in [-0.2, -0.15) is 0 Å². The summed E-state index contributed by atoms with van der Waals surface area (Å²) in [5, 5.41) is 22.5. The number of phenolic OH excluding ortho intramolecular Hbond substituents is 2. The summed E-state index contributed by atoms with van der Waals surface area (Å²) in [7, 11) is 0. The molecule has 1 aromatic carbocycles. The van der Waals surface area contributed by atoms with Gasteiger partial charge >= 0.3 is 0 Å². The molecule has 0 bridgehead atoms. The summed E-state index contributed by atoms with van der Waals surface area (Å²) in [5.41, 5.74) is 6.79. The minimum Gasteiger partial charge on any atom is -0.504 e. The van der Waals surface area contributed by atoms with Gasteiger partial charge in [-0.3, -0.25) is 0 Å². The minimum absolute atomic E-state index is 0. The molecule has 1 heterocycles. The number of rotatable bonds is 2. The highest BCUT2D eigenvalue weighted by molar-refractivity contribution is 5.85. The molecule has 0 aromatic heterocycles. The van der Waals surface area contributed by atoms with E-state index < -0.39 is 0 Å². The largest absolute Gasteiger partial charge is 0.504 e. The molecule has 1 fully saturated rings. The molecular formula is C12H19ClN2O2. The maximum Gasteiger partial charge on any atom is 0.162 e. The summed E-state index contributed by atoms with van der Waals surface area (Å²) in [5.74, 6) is 0.198. The molecule has 1 atom stereocenters. The smallest absolute Gasteiger partial charge is 0.162 e. The van der Waals surface area contributed by atoms with E-state index in [1.807, 2.05) is 0 Å². The molecule has 5 N–H and O–H groups in total. The van der Waals surface area contributed by atoms with Crippen molar-refractivity contribution in [1.82, 2.24) is 5.32 Å². The molecule has 1 saturated heterocycles. The van der Waals surface area contributed by atoms with Crippen molar-refractivity contribution >= 4 is 12.4 Å². The predicted octanol–water partition coefficient (Wildman–Crippen LogP) is 1.52. The first kappa shape index (κ1) is 14.1. The summed E-state index contributed by atoms with van der Waals surface area (Å²) in [6.45, 7) is 1.94. The molecule has 1 aliphatic rings. The molecule has 0 spiro atoms. The highest BCUT2D eigenvalue weighted by Crippen LogP contribution is 2.36. The number of benzene rings is 1. The number of phenols is 2. The third kappa shape index (κ3) is 3.03. The lowest BCUT2D eigenvalue weighted by Crippen LogP contribution is -2.33. The van der Waals surface area contributed by atoms with Crippen molar-refractivity contribution in [3.63, 3.8) is 0 Å². The van der Waals surface area contributed by atoms with E-state index >= 15 is 0 Å². The van der Waals surface area contributed by atoms with E-state index in [0.29, 0.717) is 11.5 Å². The maximum atomic E-state index is 9.75. The van der Waals surface area contributed by atoms with Gasteiger partial charge in [0.15, 0.2) is 11.5 Å². The topological polar surface area (TPSA) is 78.5 Å². The Morgan fingerprint density at radius 2 is 1.88 bits per heavy atom. The lowest BCUT2D eigenvalue weighted by molar-refractivity contribution is 0.312. The maximum absolute atomic E-state index is 9.75. The first-order valence-corrected chi connectivity index (χ1v) is 5.67. The van der Waals surface area contributed by atoms with Gasteiger partial charge in [0.05, 0.1) is 0 Å². The van der Waals surface area contributed by atoms with Crippen LogP contribution in [0.3, 0.4) is 0 Å². The van der Waals surface area contributed by atoms with Crippen LogP contribution >= 0.6 is 12.4 Å². The quantitative estimate of drug-likeness (QED) is 0.607. The van der Waals surface area contributed by atoms with Gasteiger partial charge in [0.25, 0.3) is 0 Å². The van der Waals surface area contributed by atoms with Crippen LogP contribution in [0.4, 0.5) is 0 Å². The Morgan fingerprint density at radius 1 is 1.24 bits per heavy atom. The number of nitrogens with one attached hydrogen (secondary N) is 1. The van der Waals surface area contributed by atoms with Gasteiger partial charge in [-0.05, 0) is 37.9 Å². The number of halogens is 1. The average Bonchev–Trinajstić information content (AvgIpc) is 2.33. The van der Waals surface area contributed by atoms with Crippen LogP contribution in [0.2, 0.25) is 0 Å². The number of piperidine rings is 1. The van der Waals surface area contributed by atoms with Crippen LogP contribution in [-0.2, 0) is 0 Å². The van der Waals surface area contributed by atoms with Crippen LogP contribution in [0.25, 0.3) is 0 Å². The third-order valence-corrected chi connectivity index (χ3v) is 3.30. The lowest BCUT2D eigenvalue weighted by atomic mass is 9.86. The van der Waals surface area contributed by atoms with Gasteiger partial charge in [-0.15, -0.1) is 12.4 Å². The fraction of sp³-hybridized carbons (Fsp3) is 0.500. The zero-order valence-corrected chi connectivity index (χ0v) is 10.4. The van der Waals surface area contributed by atoms with Gasteiger partial charge in [-0.1, -0.05) is 12.1 Å². The van der Waals surface area contributed by atoms with E-state index in [1.54, 1.807) is 12.1 Å². The Morgan fingerprint density at radius 3 is 2.53 bits per heavy atom.